The Morgan fingerprint density at radius 3 is 2.88 bits per heavy atom. The molecule has 1 aromatic rings. The van der Waals surface area contributed by atoms with E-state index >= 15 is 0 Å². The molecule has 0 radical (unpaired) electrons. The largest absolute Gasteiger partial charge is 0.326 e. The van der Waals surface area contributed by atoms with Crippen molar-refractivity contribution in [2.24, 2.45) is 5.73 Å². The molecule has 2 rings (SSSR count). The first-order chi connectivity index (χ1) is 7.63. The molecule has 16 heavy (non-hydrogen) atoms. The molecular formula is C12H22N4. The summed E-state index contributed by atoms with van der Waals surface area (Å²) < 4.78 is 1.97. The van der Waals surface area contributed by atoms with Crippen LogP contribution in [-0.4, -0.2) is 33.3 Å². The van der Waals surface area contributed by atoms with Crippen molar-refractivity contribution in [3.63, 3.8) is 0 Å². The first kappa shape index (κ1) is 11.6. The van der Waals surface area contributed by atoms with E-state index in [2.05, 4.69) is 36.8 Å². The van der Waals surface area contributed by atoms with Crippen LogP contribution in [-0.2, 0) is 6.54 Å². The maximum absolute atomic E-state index is 6.20. The van der Waals surface area contributed by atoms with Crippen LogP contribution in [0.4, 0.5) is 0 Å². The molecule has 1 aliphatic heterocycles. The van der Waals surface area contributed by atoms with E-state index in [0.717, 1.165) is 25.2 Å². The first-order valence-corrected chi connectivity index (χ1v) is 6.18. The Morgan fingerprint density at radius 1 is 1.56 bits per heavy atom. The number of nitrogens with two attached hydrogens (primary N) is 1. The minimum atomic E-state index is 0.225. The van der Waals surface area contributed by atoms with Crippen LogP contribution in [0.15, 0.2) is 12.3 Å². The lowest BCUT2D eigenvalue weighted by molar-refractivity contribution is 0.194. The number of nitrogens with zero attached hydrogens (tertiary/aromatic N) is 3. The van der Waals surface area contributed by atoms with Crippen LogP contribution in [0.2, 0.25) is 0 Å². The zero-order chi connectivity index (χ0) is 11.7. The number of hydrogen-bond donors (Lipinski definition) is 1. The van der Waals surface area contributed by atoms with E-state index < -0.39 is 0 Å². The van der Waals surface area contributed by atoms with E-state index in [1.807, 2.05) is 10.9 Å². The Labute approximate surface area is 97.4 Å². The molecule has 1 saturated heterocycles. The van der Waals surface area contributed by atoms with E-state index in [0.29, 0.717) is 12.1 Å². The van der Waals surface area contributed by atoms with Gasteiger partial charge in [0.25, 0.3) is 0 Å². The van der Waals surface area contributed by atoms with Gasteiger partial charge < -0.3 is 5.73 Å². The summed E-state index contributed by atoms with van der Waals surface area (Å²) in [4.78, 5) is 2.45. The van der Waals surface area contributed by atoms with Gasteiger partial charge in [0.15, 0.2) is 0 Å². The first-order valence-electron chi connectivity index (χ1n) is 6.18. The molecular weight excluding hydrogens is 200 g/mol. The predicted octanol–water partition coefficient (Wildman–Crippen LogP) is 1.39. The van der Waals surface area contributed by atoms with E-state index in [1.165, 1.54) is 0 Å². The standard InChI is InChI=1S/C12H22N4/c1-4-15-7-6-11(14-15)12-10(13)5-8-16(12)9(2)3/h6-7,9-10,12H,4-5,8,13H2,1-3H3/t10-,12-/m1/s1. The minimum Gasteiger partial charge on any atom is -0.326 e. The molecule has 2 heterocycles. The van der Waals surface area contributed by atoms with Crippen LogP contribution in [0.1, 0.15) is 38.9 Å². The third-order valence-electron chi connectivity index (χ3n) is 3.44. The summed E-state index contributed by atoms with van der Waals surface area (Å²) in [5.41, 5.74) is 7.32. The monoisotopic (exact) mass is 222 g/mol. The van der Waals surface area contributed by atoms with Gasteiger partial charge in [-0.3, -0.25) is 9.58 Å². The molecule has 2 N–H and O–H groups in total. The highest BCUT2D eigenvalue weighted by Gasteiger charge is 2.35. The van der Waals surface area contributed by atoms with Gasteiger partial charge in [0.2, 0.25) is 0 Å². The lowest BCUT2D eigenvalue weighted by atomic mass is 10.1. The van der Waals surface area contributed by atoms with Crippen LogP contribution >= 0.6 is 0 Å². The minimum absolute atomic E-state index is 0.225. The fourth-order valence-corrected chi connectivity index (χ4v) is 2.52. The van der Waals surface area contributed by atoms with Gasteiger partial charge in [0.05, 0.1) is 11.7 Å². The van der Waals surface area contributed by atoms with Crippen molar-refractivity contribution in [2.75, 3.05) is 6.54 Å². The van der Waals surface area contributed by atoms with E-state index in [9.17, 15) is 0 Å². The second-order valence-electron chi connectivity index (χ2n) is 4.83. The third-order valence-corrected chi connectivity index (χ3v) is 3.44. The summed E-state index contributed by atoms with van der Waals surface area (Å²) in [6, 6.07) is 3.16. The fourth-order valence-electron chi connectivity index (χ4n) is 2.52. The predicted molar refractivity (Wildman–Crippen MR) is 65.1 cm³/mol. The number of rotatable bonds is 3. The highest BCUT2D eigenvalue weighted by molar-refractivity contribution is 5.12. The van der Waals surface area contributed by atoms with Gasteiger partial charge in [0.1, 0.15) is 0 Å². The Hall–Kier alpha value is -0.870. The number of aromatic nitrogens is 2. The number of likely N-dealkylation sites (tertiary alicyclic amines) is 1. The third kappa shape index (κ3) is 1.99. The molecule has 0 amide bonds. The SMILES string of the molecule is CCn1ccc([C@H]2[C@H](N)CCN2C(C)C)n1. The lowest BCUT2D eigenvalue weighted by Crippen LogP contribution is -2.36. The summed E-state index contributed by atoms with van der Waals surface area (Å²) in [6.07, 6.45) is 3.11. The second kappa shape index (κ2) is 4.55. The summed E-state index contributed by atoms with van der Waals surface area (Å²) in [6.45, 7) is 8.56. The fraction of sp³-hybridized carbons (Fsp3) is 0.750. The summed E-state index contributed by atoms with van der Waals surface area (Å²) >= 11 is 0. The molecule has 1 aliphatic rings. The zero-order valence-electron chi connectivity index (χ0n) is 10.4. The normalized spacial score (nSPS) is 26.8. The Kier molecular flexibility index (Phi) is 3.30. The van der Waals surface area contributed by atoms with Gasteiger partial charge >= 0.3 is 0 Å². The van der Waals surface area contributed by atoms with Gasteiger partial charge in [0, 0.05) is 31.4 Å². The van der Waals surface area contributed by atoms with Gasteiger partial charge in [-0.05, 0) is 33.3 Å². The molecule has 0 aromatic carbocycles. The van der Waals surface area contributed by atoms with Crippen molar-refractivity contribution in [1.82, 2.24) is 14.7 Å². The van der Waals surface area contributed by atoms with Crippen LogP contribution < -0.4 is 5.73 Å². The van der Waals surface area contributed by atoms with E-state index in [4.69, 9.17) is 5.73 Å². The van der Waals surface area contributed by atoms with Crippen molar-refractivity contribution < 1.29 is 0 Å². The number of aryl methyl sites for hydroxylation is 1. The maximum Gasteiger partial charge on any atom is 0.0812 e. The Bertz CT molecular complexity index is 345. The average Bonchev–Trinajstić information content (AvgIpc) is 2.83. The number of hydrogen-bond acceptors (Lipinski definition) is 3. The summed E-state index contributed by atoms with van der Waals surface area (Å²) in [5.74, 6) is 0. The van der Waals surface area contributed by atoms with Crippen LogP contribution in [0.25, 0.3) is 0 Å². The van der Waals surface area contributed by atoms with Gasteiger partial charge in [-0.2, -0.15) is 5.10 Å². The van der Waals surface area contributed by atoms with E-state index in [1.54, 1.807) is 0 Å². The molecule has 4 heteroatoms. The molecule has 90 valence electrons. The molecule has 0 unspecified atom stereocenters. The van der Waals surface area contributed by atoms with Crippen molar-refractivity contribution in [2.45, 2.75) is 51.9 Å². The maximum atomic E-state index is 6.20. The van der Waals surface area contributed by atoms with Crippen LogP contribution in [0, 0.1) is 0 Å². The van der Waals surface area contributed by atoms with Crippen molar-refractivity contribution >= 4 is 0 Å². The topological polar surface area (TPSA) is 47.1 Å². The molecule has 0 spiro atoms. The van der Waals surface area contributed by atoms with E-state index in [-0.39, 0.29) is 6.04 Å². The second-order valence-corrected chi connectivity index (χ2v) is 4.83. The quantitative estimate of drug-likeness (QED) is 0.840. The smallest absolute Gasteiger partial charge is 0.0812 e. The van der Waals surface area contributed by atoms with Gasteiger partial charge in [-0.1, -0.05) is 0 Å². The van der Waals surface area contributed by atoms with Crippen LogP contribution in [0.5, 0.6) is 0 Å². The van der Waals surface area contributed by atoms with Crippen molar-refractivity contribution in [1.29, 1.82) is 0 Å². The average molecular weight is 222 g/mol. The lowest BCUT2D eigenvalue weighted by Gasteiger charge is -2.28. The van der Waals surface area contributed by atoms with Crippen molar-refractivity contribution in [3.05, 3.63) is 18.0 Å². The molecule has 0 saturated carbocycles. The molecule has 2 atom stereocenters. The zero-order valence-corrected chi connectivity index (χ0v) is 10.4. The van der Waals surface area contributed by atoms with Crippen molar-refractivity contribution in [3.8, 4) is 0 Å². The Balaban J connectivity index is 2.22. The summed E-state index contributed by atoms with van der Waals surface area (Å²) in [5, 5.41) is 4.59. The molecule has 1 fully saturated rings. The van der Waals surface area contributed by atoms with Gasteiger partial charge in [-0.25, -0.2) is 0 Å². The molecule has 1 aromatic heterocycles. The highest BCUT2D eigenvalue weighted by atomic mass is 15.3. The molecule has 0 bridgehead atoms. The summed E-state index contributed by atoms with van der Waals surface area (Å²) in [7, 11) is 0. The highest BCUT2D eigenvalue weighted by Crippen LogP contribution is 2.31. The van der Waals surface area contributed by atoms with Gasteiger partial charge in [-0.15, -0.1) is 0 Å². The molecule has 0 aliphatic carbocycles. The molecule has 4 nitrogen and oxygen atoms in total. The Morgan fingerprint density at radius 2 is 2.31 bits per heavy atom. The van der Waals surface area contributed by atoms with Crippen LogP contribution in [0.3, 0.4) is 0 Å².